The molecule has 0 saturated carbocycles. The summed E-state index contributed by atoms with van der Waals surface area (Å²) in [6.45, 7) is 0. The summed E-state index contributed by atoms with van der Waals surface area (Å²) in [5, 5.41) is 2.49. The summed E-state index contributed by atoms with van der Waals surface area (Å²) in [7, 11) is 0. The Morgan fingerprint density at radius 3 is 2.39 bits per heavy atom. The van der Waals surface area contributed by atoms with Gasteiger partial charge in [-0.3, -0.25) is 9.69 Å². The van der Waals surface area contributed by atoms with E-state index in [1.807, 2.05) is 54.6 Å². The molecule has 0 fully saturated rings. The summed E-state index contributed by atoms with van der Waals surface area (Å²) in [5.74, 6) is 0.250. The predicted molar refractivity (Wildman–Crippen MR) is 132 cm³/mol. The number of amides is 1. The van der Waals surface area contributed by atoms with Crippen molar-refractivity contribution in [2.24, 2.45) is 4.99 Å². The van der Waals surface area contributed by atoms with Gasteiger partial charge in [0.1, 0.15) is 5.70 Å². The van der Waals surface area contributed by atoms with Gasteiger partial charge in [-0.25, -0.2) is 4.99 Å². The smallest absolute Gasteiger partial charge is 0.266 e. The molecule has 31 heavy (non-hydrogen) atoms. The predicted octanol–water partition coefficient (Wildman–Crippen LogP) is 7.70. The SMILES string of the molecule is O=C1/C(=C\c2ccc(Cl)cc2Cl)N=C(c2sc3ccccc3c2Cl)N1c1ccccc1. The van der Waals surface area contributed by atoms with E-state index in [0.717, 1.165) is 15.0 Å². The minimum absolute atomic E-state index is 0.249. The minimum atomic E-state index is -0.249. The number of aliphatic imine (C=N–C) groups is 1. The molecule has 2 heterocycles. The molecular weight excluding hydrogens is 471 g/mol. The van der Waals surface area contributed by atoms with E-state index in [1.54, 1.807) is 29.2 Å². The molecule has 0 spiro atoms. The maximum Gasteiger partial charge on any atom is 0.282 e. The van der Waals surface area contributed by atoms with Gasteiger partial charge in [-0.15, -0.1) is 11.3 Å². The Kier molecular flexibility index (Phi) is 5.32. The van der Waals surface area contributed by atoms with Crippen LogP contribution < -0.4 is 4.90 Å². The van der Waals surface area contributed by atoms with Crippen molar-refractivity contribution in [1.82, 2.24) is 0 Å². The maximum atomic E-state index is 13.4. The van der Waals surface area contributed by atoms with Gasteiger partial charge in [0.05, 0.1) is 15.6 Å². The number of carbonyl (C=O) groups is 1. The molecule has 3 aromatic carbocycles. The highest BCUT2D eigenvalue weighted by Gasteiger charge is 2.35. The highest BCUT2D eigenvalue weighted by Crippen LogP contribution is 2.39. The average Bonchev–Trinajstić information content (AvgIpc) is 3.28. The number of hydrogen-bond donors (Lipinski definition) is 0. The van der Waals surface area contributed by atoms with Crippen LogP contribution in [0.1, 0.15) is 10.4 Å². The van der Waals surface area contributed by atoms with Crippen LogP contribution in [0.4, 0.5) is 5.69 Å². The average molecular weight is 484 g/mol. The number of amidine groups is 1. The van der Waals surface area contributed by atoms with Crippen molar-refractivity contribution in [2.45, 2.75) is 0 Å². The molecule has 0 N–H and O–H groups in total. The molecule has 0 bridgehead atoms. The van der Waals surface area contributed by atoms with Crippen molar-refractivity contribution in [2.75, 3.05) is 4.90 Å². The number of carbonyl (C=O) groups excluding carboxylic acids is 1. The first kappa shape index (κ1) is 20.3. The molecule has 4 aromatic rings. The van der Waals surface area contributed by atoms with Crippen LogP contribution in [-0.2, 0) is 4.79 Å². The highest BCUT2D eigenvalue weighted by atomic mass is 35.5. The second-order valence-electron chi connectivity index (χ2n) is 6.85. The molecule has 1 aromatic heterocycles. The van der Waals surface area contributed by atoms with Crippen LogP contribution in [-0.4, -0.2) is 11.7 Å². The number of para-hydroxylation sites is 1. The fourth-order valence-corrected chi connectivity index (χ4v) is 5.37. The summed E-state index contributed by atoms with van der Waals surface area (Å²) in [4.78, 5) is 20.5. The van der Waals surface area contributed by atoms with Crippen LogP contribution in [0.25, 0.3) is 16.2 Å². The number of fused-ring (bicyclic) bond motifs is 1. The number of rotatable bonds is 3. The number of anilines is 1. The van der Waals surface area contributed by atoms with Crippen LogP contribution in [0, 0.1) is 0 Å². The third kappa shape index (κ3) is 3.66. The van der Waals surface area contributed by atoms with E-state index in [9.17, 15) is 4.79 Å². The summed E-state index contributed by atoms with van der Waals surface area (Å²) >= 11 is 20.6. The van der Waals surface area contributed by atoms with E-state index in [-0.39, 0.29) is 11.6 Å². The first-order valence-electron chi connectivity index (χ1n) is 9.35. The molecule has 0 unspecified atom stereocenters. The van der Waals surface area contributed by atoms with Crippen molar-refractivity contribution in [3.63, 3.8) is 0 Å². The van der Waals surface area contributed by atoms with Crippen molar-refractivity contribution < 1.29 is 4.79 Å². The van der Waals surface area contributed by atoms with Gasteiger partial charge in [0.25, 0.3) is 5.91 Å². The zero-order valence-electron chi connectivity index (χ0n) is 15.9. The van der Waals surface area contributed by atoms with Crippen LogP contribution in [0.2, 0.25) is 15.1 Å². The first-order valence-corrected chi connectivity index (χ1v) is 11.3. The number of hydrogen-bond acceptors (Lipinski definition) is 3. The Bertz CT molecular complexity index is 1390. The lowest BCUT2D eigenvalue weighted by molar-refractivity contribution is -0.113. The Labute approximate surface area is 197 Å². The van der Waals surface area contributed by atoms with Crippen molar-refractivity contribution in [3.8, 4) is 0 Å². The number of benzene rings is 3. The Hall–Kier alpha value is -2.63. The molecule has 0 saturated heterocycles. The number of nitrogens with zero attached hydrogens (tertiary/aromatic N) is 2. The zero-order valence-corrected chi connectivity index (χ0v) is 18.9. The fourth-order valence-electron chi connectivity index (χ4n) is 3.41. The topological polar surface area (TPSA) is 32.7 Å². The van der Waals surface area contributed by atoms with Gasteiger partial charge in [-0.2, -0.15) is 0 Å². The second-order valence-corrected chi connectivity index (χ2v) is 9.12. The third-order valence-corrected chi connectivity index (χ3v) is 7.10. The Morgan fingerprint density at radius 2 is 1.65 bits per heavy atom. The second kappa shape index (κ2) is 8.13. The molecule has 1 aliphatic heterocycles. The molecule has 0 aliphatic carbocycles. The largest absolute Gasteiger partial charge is 0.282 e. The lowest BCUT2D eigenvalue weighted by Gasteiger charge is -2.17. The van der Waals surface area contributed by atoms with Crippen LogP contribution >= 0.6 is 46.1 Å². The quantitative estimate of drug-likeness (QED) is 0.275. The molecule has 0 radical (unpaired) electrons. The van der Waals surface area contributed by atoms with Gasteiger partial charge >= 0.3 is 0 Å². The van der Waals surface area contributed by atoms with Gasteiger partial charge in [-0.05, 0) is 42.0 Å². The summed E-state index contributed by atoms with van der Waals surface area (Å²) in [6, 6.07) is 22.4. The van der Waals surface area contributed by atoms with Crippen molar-refractivity contribution in [1.29, 1.82) is 0 Å². The van der Waals surface area contributed by atoms with Crippen LogP contribution in [0.5, 0.6) is 0 Å². The zero-order chi connectivity index (χ0) is 21.5. The molecule has 3 nitrogen and oxygen atoms in total. The summed E-state index contributed by atoms with van der Waals surface area (Å²) in [5.41, 5.74) is 1.65. The lowest BCUT2D eigenvalue weighted by atomic mass is 10.2. The van der Waals surface area contributed by atoms with E-state index in [4.69, 9.17) is 39.8 Å². The monoisotopic (exact) mass is 482 g/mol. The van der Waals surface area contributed by atoms with E-state index < -0.39 is 0 Å². The van der Waals surface area contributed by atoms with Gasteiger partial charge in [0, 0.05) is 20.1 Å². The maximum absolute atomic E-state index is 13.4. The highest BCUT2D eigenvalue weighted by molar-refractivity contribution is 7.21. The molecular formula is C24H13Cl3N2OS. The van der Waals surface area contributed by atoms with Gasteiger partial charge in [-0.1, -0.05) is 77.3 Å². The number of halogens is 3. The molecule has 1 amide bonds. The molecule has 7 heteroatoms. The molecule has 5 rings (SSSR count). The third-order valence-electron chi connectivity index (χ3n) is 4.87. The van der Waals surface area contributed by atoms with E-state index >= 15 is 0 Å². The number of thiophene rings is 1. The normalized spacial score (nSPS) is 15.2. The van der Waals surface area contributed by atoms with Gasteiger partial charge < -0.3 is 0 Å². The van der Waals surface area contributed by atoms with Crippen LogP contribution in [0.15, 0.2) is 83.5 Å². The van der Waals surface area contributed by atoms with Crippen LogP contribution in [0.3, 0.4) is 0 Å². The van der Waals surface area contributed by atoms with Gasteiger partial charge in [0.2, 0.25) is 0 Å². The Balaban J connectivity index is 1.70. The molecule has 0 atom stereocenters. The molecule has 152 valence electrons. The van der Waals surface area contributed by atoms with E-state index in [2.05, 4.69) is 0 Å². The van der Waals surface area contributed by atoms with Crippen molar-refractivity contribution in [3.05, 3.63) is 104 Å². The Morgan fingerprint density at radius 1 is 0.903 bits per heavy atom. The first-order chi connectivity index (χ1) is 15.0. The summed E-state index contributed by atoms with van der Waals surface area (Å²) < 4.78 is 1.03. The van der Waals surface area contributed by atoms with E-state index in [0.29, 0.717) is 32.2 Å². The lowest BCUT2D eigenvalue weighted by Crippen LogP contribution is -2.32. The van der Waals surface area contributed by atoms with Crippen molar-refractivity contribution >= 4 is 79.7 Å². The molecule has 1 aliphatic rings. The minimum Gasteiger partial charge on any atom is -0.266 e. The van der Waals surface area contributed by atoms with E-state index in [1.165, 1.54) is 11.3 Å². The standard InChI is InChI=1S/C24H13Cl3N2OS/c25-15-11-10-14(18(26)13-15)12-19-24(30)29(16-6-2-1-3-7-16)23(28-19)22-21(27)17-8-4-5-9-20(17)31-22/h1-13H/b19-12+. The van der Waals surface area contributed by atoms with Gasteiger partial charge in [0.15, 0.2) is 5.84 Å². The summed E-state index contributed by atoms with van der Waals surface area (Å²) in [6.07, 6.45) is 1.67. The fraction of sp³-hybridized carbons (Fsp3) is 0.